The van der Waals surface area contributed by atoms with E-state index in [1.807, 2.05) is 6.92 Å². The number of benzene rings is 1. The van der Waals surface area contributed by atoms with Gasteiger partial charge >= 0.3 is 5.97 Å². The molecule has 0 aliphatic carbocycles. The number of carboxylic acid groups (broad SMARTS) is 1. The molecule has 0 aliphatic heterocycles. The zero-order valence-corrected chi connectivity index (χ0v) is 10.8. The van der Waals surface area contributed by atoms with Gasteiger partial charge in [0.15, 0.2) is 6.29 Å². The first-order chi connectivity index (χ1) is 9.13. The summed E-state index contributed by atoms with van der Waals surface area (Å²) in [6, 6.07) is 4.70. The van der Waals surface area contributed by atoms with Crippen molar-refractivity contribution in [1.29, 1.82) is 0 Å². The Morgan fingerprint density at radius 1 is 1.42 bits per heavy atom. The number of hydrogen-bond donors (Lipinski definition) is 2. The molecule has 1 aromatic carbocycles. The Morgan fingerprint density at radius 2 is 2.16 bits per heavy atom. The summed E-state index contributed by atoms with van der Waals surface area (Å²) in [5, 5.41) is 11.6. The van der Waals surface area contributed by atoms with Crippen LogP contribution in [-0.4, -0.2) is 23.8 Å². The van der Waals surface area contributed by atoms with E-state index in [9.17, 15) is 19.5 Å². The highest BCUT2D eigenvalue weighted by Crippen LogP contribution is 2.26. The SMILES string of the molecule is CCCCC(C(=O)O)c1ccc(NC=O)c(C=O)c1. The molecule has 0 saturated heterocycles. The second-order valence-electron chi connectivity index (χ2n) is 4.26. The van der Waals surface area contributed by atoms with Crippen LogP contribution in [0, 0.1) is 0 Å². The van der Waals surface area contributed by atoms with E-state index in [1.165, 1.54) is 6.07 Å². The minimum absolute atomic E-state index is 0.285. The van der Waals surface area contributed by atoms with Crippen molar-refractivity contribution in [3.05, 3.63) is 29.3 Å². The summed E-state index contributed by atoms with van der Waals surface area (Å²) in [6.07, 6.45) is 3.34. The van der Waals surface area contributed by atoms with Gasteiger partial charge in [-0.05, 0) is 24.1 Å². The molecule has 0 bridgehead atoms. The van der Waals surface area contributed by atoms with Gasteiger partial charge in [0.2, 0.25) is 6.41 Å². The normalized spacial score (nSPS) is 11.6. The summed E-state index contributed by atoms with van der Waals surface area (Å²) in [7, 11) is 0. The lowest BCUT2D eigenvalue weighted by molar-refractivity contribution is -0.139. The summed E-state index contributed by atoms with van der Waals surface area (Å²) < 4.78 is 0. The van der Waals surface area contributed by atoms with Gasteiger partial charge in [0.05, 0.1) is 11.6 Å². The Labute approximate surface area is 111 Å². The molecule has 1 atom stereocenters. The lowest BCUT2D eigenvalue weighted by atomic mass is 9.92. The number of amides is 1. The van der Waals surface area contributed by atoms with E-state index in [1.54, 1.807) is 12.1 Å². The molecule has 0 saturated carbocycles. The number of anilines is 1. The van der Waals surface area contributed by atoms with Gasteiger partial charge in [-0.3, -0.25) is 14.4 Å². The number of hydrogen-bond acceptors (Lipinski definition) is 3. The highest BCUT2D eigenvalue weighted by Gasteiger charge is 2.20. The van der Waals surface area contributed by atoms with Crippen molar-refractivity contribution in [2.45, 2.75) is 32.1 Å². The second-order valence-corrected chi connectivity index (χ2v) is 4.26. The van der Waals surface area contributed by atoms with E-state index in [-0.39, 0.29) is 5.56 Å². The van der Waals surface area contributed by atoms with Gasteiger partial charge in [-0.25, -0.2) is 0 Å². The Kier molecular flexibility index (Phi) is 5.73. The summed E-state index contributed by atoms with van der Waals surface area (Å²) in [4.78, 5) is 32.6. The number of aldehydes is 1. The van der Waals surface area contributed by atoms with Crippen LogP contribution in [0.3, 0.4) is 0 Å². The van der Waals surface area contributed by atoms with Crippen LogP contribution >= 0.6 is 0 Å². The van der Waals surface area contributed by atoms with E-state index < -0.39 is 11.9 Å². The maximum atomic E-state index is 11.3. The molecule has 5 heteroatoms. The van der Waals surface area contributed by atoms with Gasteiger partial charge in [0.1, 0.15) is 0 Å². The van der Waals surface area contributed by atoms with E-state index >= 15 is 0 Å². The first kappa shape index (κ1) is 14.9. The summed E-state index contributed by atoms with van der Waals surface area (Å²) in [5.41, 5.74) is 1.25. The van der Waals surface area contributed by atoms with Crippen molar-refractivity contribution in [3.63, 3.8) is 0 Å². The van der Waals surface area contributed by atoms with E-state index in [2.05, 4.69) is 5.32 Å². The third kappa shape index (κ3) is 3.91. The van der Waals surface area contributed by atoms with Crippen molar-refractivity contribution >= 4 is 24.4 Å². The van der Waals surface area contributed by atoms with Crippen molar-refractivity contribution < 1.29 is 19.5 Å². The van der Waals surface area contributed by atoms with Crippen molar-refractivity contribution in [3.8, 4) is 0 Å². The first-order valence-electron chi connectivity index (χ1n) is 6.16. The Balaban J connectivity index is 3.06. The number of aliphatic carboxylic acids is 1. The maximum Gasteiger partial charge on any atom is 0.310 e. The van der Waals surface area contributed by atoms with Crippen LogP contribution in [0.5, 0.6) is 0 Å². The number of carbonyl (C=O) groups excluding carboxylic acids is 2. The minimum atomic E-state index is -0.901. The van der Waals surface area contributed by atoms with Gasteiger partial charge in [-0.1, -0.05) is 25.8 Å². The second kappa shape index (κ2) is 7.31. The fourth-order valence-corrected chi connectivity index (χ4v) is 1.93. The molecule has 0 heterocycles. The molecule has 19 heavy (non-hydrogen) atoms. The van der Waals surface area contributed by atoms with E-state index in [0.29, 0.717) is 30.4 Å². The molecular weight excluding hydrogens is 246 g/mol. The van der Waals surface area contributed by atoms with Crippen LogP contribution in [0.4, 0.5) is 5.69 Å². The van der Waals surface area contributed by atoms with Gasteiger partial charge in [-0.15, -0.1) is 0 Å². The molecule has 2 N–H and O–H groups in total. The molecule has 0 aromatic heterocycles. The van der Waals surface area contributed by atoms with Crippen molar-refractivity contribution in [2.75, 3.05) is 5.32 Å². The van der Waals surface area contributed by atoms with Crippen molar-refractivity contribution in [1.82, 2.24) is 0 Å². The quantitative estimate of drug-likeness (QED) is 0.705. The maximum absolute atomic E-state index is 11.3. The zero-order chi connectivity index (χ0) is 14.3. The molecule has 0 fully saturated rings. The molecule has 1 unspecified atom stereocenters. The van der Waals surface area contributed by atoms with Crippen LogP contribution in [0.15, 0.2) is 18.2 Å². The predicted octanol–water partition coefficient (Wildman–Crippen LogP) is 2.43. The fraction of sp³-hybridized carbons (Fsp3) is 0.357. The smallest absolute Gasteiger partial charge is 0.310 e. The van der Waals surface area contributed by atoms with Crippen LogP contribution in [0.25, 0.3) is 0 Å². The molecule has 0 spiro atoms. The largest absolute Gasteiger partial charge is 0.481 e. The lowest BCUT2D eigenvalue weighted by Gasteiger charge is -2.14. The topological polar surface area (TPSA) is 83.5 Å². The average Bonchev–Trinajstić information content (AvgIpc) is 2.40. The summed E-state index contributed by atoms with van der Waals surface area (Å²) >= 11 is 0. The minimum Gasteiger partial charge on any atom is -0.481 e. The Hall–Kier alpha value is -2.17. The lowest BCUT2D eigenvalue weighted by Crippen LogP contribution is -2.12. The van der Waals surface area contributed by atoms with Crippen LogP contribution in [0.2, 0.25) is 0 Å². The van der Waals surface area contributed by atoms with Crippen LogP contribution in [-0.2, 0) is 9.59 Å². The van der Waals surface area contributed by atoms with Gasteiger partial charge in [0.25, 0.3) is 0 Å². The molecule has 1 rings (SSSR count). The zero-order valence-electron chi connectivity index (χ0n) is 10.8. The predicted molar refractivity (Wildman–Crippen MR) is 71.4 cm³/mol. The molecule has 102 valence electrons. The van der Waals surface area contributed by atoms with Crippen LogP contribution < -0.4 is 5.32 Å². The third-order valence-corrected chi connectivity index (χ3v) is 2.96. The molecule has 1 amide bonds. The molecule has 5 nitrogen and oxygen atoms in total. The van der Waals surface area contributed by atoms with Gasteiger partial charge in [-0.2, -0.15) is 0 Å². The summed E-state index contributed by atoms with van der Waals surface area (Å²) in [6.45, 7) is 1.99. The number of carboxylic acids is 1. The van der Waals surface area contributed by atoms with Gasteiger partial charge in [0, 0.05) is 5.56 Å². The van der Waals surface area contributed by atoms with Crippen molar-refractivity contribution in [2.24, 2.45) is 0 Å². The Morgan fingerprint density at radius 3 is 2.68 bits per heavy atom. The first-order valence-corrected chi connectivity index (χ1v) is 6.16. The molecule has 0 aliphatic rings. The van der Waals surface area contributed by atoms with E-state index in [0.717, 1.165) is 12.8 Å². The number of unbranched alkanes of at least 4 members (excludes halogenated alkanes) is 1. The highest BCUT2D eigenvalue weighted by molar-refractivity contribution is 5.89. The van der Waals surface area contributed by atoms with Gasteiger partial charge < -0.3 is 10.4 Å². The standard InChI is InChI=1S/C14H17NO4/c1-2-3-4-12(14(18)19)10-5-6-13(15-9-17)11(7-10)8-16/h5-9,12H,2-4H2,1H3,(H,15,17)(H,18,19). The number of carbonyl (C=O) groups is 3. The molecule has 0 radical (unpaired) electrons. The molecular formula is C14H17NO4. The number of rotatable bonds is 8. The average molecular weight is 263 g/mol. The van der Waals surface area contributed by atoms with Crippen LogP contribution in [0.1, 0.15) is 48.0 Å². The highest BCUT2D eigenvalue weighted by atomic mass is 16.4. The fourth-order valence-electron chi connectivity index (χ4n) is 1.93. The van der Waals surface area contributed by atoms with E-state index in [4.69, 9.17) is 0 Å². The third-order valence-electron chi connectivity index (χ3n) is 2.96. The molecule has 1 aromatic rings. The summed E-state index contributed by atoms with van der Waals surface area (Å²) in [5.74, 6) is -1.52. The number of nitrogens with one attached hydrogen (secondary N) is 1. The monoisotopic (exact) mass is 263 g/mol. The Bertz CT molecular complexity index is 471.